The van der Waals surface area contributed by atoms with Gasteiger partial charge in [0.1, 0.15) is 11.5 Å². The van der Waals surface area contributed by atoms with Crippen molar-refractivity contribution in [2.45, 2.75) is 18.2 Å². The van der Waals surface area contributed by atoms with Gasteiger partial charge in [-0.3, -0.25) is 15.2 Å². The Morgan fingerprint density at radius 2 is 2.41 bits per heavy atom. The van der Waals surface area contributed by atoms with Crippen molar-refractivity contribution in [2.75, 3.05) is 12.3 Å². The molecule has 6 heteroatoms. The maximum atomic E-state index is 11.4. The fraction of sp³-hybridized carbons (Fsp3) is 0.364. The van der Waals surface area contributed by atoms with E-state index in [1.54, 1.807) is 18.3 Å². The van der Waals surface area contributed by atoms with Crippen LogP contribution < -0.4 is 11.1 Å². The standard InChI is InChI=1S/C11H16N4OS/c1-2-4-15-10(16)7-17-8-3-5-14-9(6-8)11(12)13/h3,5-6H,2,4,7H2,1H3,(H3,12,13)(H,15,16). The number of carbonyl (C=O) groups excluding carboxylic acids is 1. The number of rotatable bonds is 6. The summed E-state index contributed by atoms with van der Waals surface area (Å²) >= 11 is 1.41. The number of pyridine rings is 1. The third kappa shape index (κ3) is 4.86. The quantitative estimate of drug-likeness (QED) is 0.400. The lowest BCUT2D eigenvalue weighted by atomic mass is 10.3. The Morgan fingerprint density at radius 1 is 1.65 bits per heavy atom. The molecule has 1 aromatic heterocycles. The number of thioether (sulfide) groups is 1. The summed E-state index contributed by atoms with van der Waals surface area (Å²) in [5.41, 5.74) is 5.77. The molecule has 17 heavy (non-hydrogen) atoms. The highest BCUT2D eigenvalue weighted by molar-refractivity contribution is 8.00. The Labute approximate surface area is 105 Å². The molecule has 0 aliphatic carbocycles. The first-order chi connectivity index (χ1) is 8.13. The van der Waals surface area contributed by atoms with E-state index in [9.17, 15) is 4.79 Å². The van der Waals surface area contributed by atoms with Crippen LogP contribution >= 0.6 is 11.8 Å². The molecule has 0 spiro atoms. The maximum Gasteiger partial charge on any atom is 0.230 e. The minimum absolute atomic E-state index is 0.0121. The molecular weight excluding hydrogens is 236 g/mol. The zero-order chi connectivity index (χ0) is 12.7. The minimum Gasteiger partial charge on any atom is -0.382 e. The van der Waals surface area contributed by atoms with Crippen molar-refractivity contribution in [3.05, 3.63) is 24.0 Å². The average Bonchev–Trinajstić information content (AvgIpc) is 2.34. The van der Waals surface area contributed by atoms with Crippen LogP contribution in [0.4, 0.5) is 0 Å². The molecule has 5 nitrogen and oxygen atoms in total. The van der Waals surface area contributed by atoms with Crippen LogP contribution in [0, 0.1) is 5.41 Å². The van der Waals surface area contributed by atoms with Gasteiger partial charge in [-0.1, -0.05) is 6.92 Å². The molecule has 1 heterocycles. The summed E-state index contributed by atoms with van der Waals surface area (Å²) in [5.74, 6) is 0.308. The number of nitrogens with one attached hydrogen (secondary N) is 2. The molecule has 0 aliphatic heterocycles. The number of amides is 1. The van der Waals surface area contributed by atoms with Crippen molar-refractivity contribution >= 4 is 23.5 Å². The SMILES string of the molecule is CCCNC(=O)CSc1ccnc(C(=N)N)c1. The predicted molar refractivity (Wildman–Crippen MR) is 69.3 cm³/mol. The van der Waals surface area contributed by atoms with Crippen LogP contribution in [0.5, 0.6) is 0 Å². The van der Waals surface area contributed by atoms with Gasteiger partial charge in [-0.2, -0.15) is 0 Å². The van der Waals surface area contributed by atoms with Gasteiger partial charge in [-0.15, -0.1) is 11.8 Å². The van der Waals surface area contributed by atoms with Crippen molar-refractivity contribution in [3.8, 4) is 0 Å². The molecule has 0 saturated heterocycles. The van der Waals surface area contributed by atoms with Gasteiger partial charge in [0.25, 0.3) is 0 Å². The summed E-state index contributed by atoms with van der Waals surface area (Å²) in [7, 11) is 0. The molecular formula is C11H16N4OS. The monoisotopic (exact) mass is 252 g/mol. The Bertz CT molecular complexity index is 408. The van der Waals surface area contributed by atoms with Gasteiger partial charge in [0.05, 0.1) is 5.75 Å². The van der Waals surface area contributed by atoms with Gasteiger partial charge in [0, 0.05) is 17.6 Å². The normalized spacial score (nSPS) is 9.94. The summed E-state index contributed by atoms with van der Waals surface area (Å²) in [4.78, 5) is 16.2. The van der Waals surface area contributed by atoms with E-state index >= 15 is 0 Å². The Morgan fingerprint density at radius 3 is 3.06 bits per heavy atom. The van der Waals surface area contributed by atoms with E-state index < -0.39 is 0 Å². The molecule has 0 unspecified atom stereocenters. The lowest BCUT2D eigenvalue weighted by Crippen LogP contribution is -2.25. The summed E-state index contributed by atoms with van der Waals surface area (Å²) in [6.07, 6.45) is 2.52. The number of hydrogen-bond donors (Lipinski definition) is 3. The zero-order valence-electron chi connectivity index (χ0n) is 9.69. The van der Waals surface area contributed by atoms with Crippen LogP contribution in [0.25, 0.3) is 0 Å². The Hall–Kier alpha value is -1.56. The largest absolute Gasteiger partial charge is 0.382 e. The van der Waals surface area contributed by atoms with E-state index in [-0.39, 0.29) is 11.7 Å². The molecule has 92 valence electrons. The topological polar surface area (TPSA) is 91.9 Å². The second kappa shape index (κ2) is 6.90. The highest BCUT2D eigenvalue weighted by Gasteiger charge is 2.04. The number of aromatic nitrogens is 1. The van der Waals surface area contributed by atoms with Gasteiger partial charge in [-0.25, -0.2) is 0 Å². The highest BCUT2D eigenvalue weighted by atomic mass is 32.2. The molecule has 0 bridgehead atoms. The number of nitrogens with two attached hydrogens (primary N) is 1. The maximum absolute atomic E-state index is 11.4. The number of amidine groups is 1. The van der Waals surface area contributed by atoms with Gasteiger partial charge < -0.3 is 11.1 Å². The van der Waals surface area contributed by atoms with Crippen molar-refractivity contribution in [1.82, 2.24) is 10.3 Å². The molecule has 0 aromatic carbocycles. The van der Waals surface area contributed by atoms with Crippen LogP contribution in [0.1, 0.15) is 19.0 Å². The van der Waals surface area contributed by atoms with Gasteiger partial charge >= 0.3 is 0 Å². The van der Waals surface area contributed by atoms with Crippen molar-refractivity contribution < 1.29 is 4.79 Å². The predicted octanol–water partition coefficient (Wildman–Crippen LogP) is 0.984. The lowest BCUT2D eigenvalue weighted by molar-refractivity contribution is -0.118. The van der Waals surface area contributed by atoms with Gasteiger partial charge in [-0.05, 0) is 18.6 Å². The van der Waals surface area contributed by atoms with E-state index in [1.165, 1.54) is 11.8 Å². The van der Waals surface area contributed by atoms with E-state index in [4.69, 9.17) is 11.1 Å². The molecule has 1 amide bonds. The van der Waals surface area contributed by atoms with E-state index in [1.807, 2.05) is 6.92 Å². The van der Waals surface area contributed by atoms with Gasteiger partial charge in [0.15, 0.2) is 0 Å². The number of hydrogen-bond acceptors (Lipinski definition) is 4. The smallest absolute Gasteiger partial charge is 0.230 e. The molecule has 0 atom stereocenters. The van der Waals surface area contributed by atoms with E-state index in [0.29, 0.717) is 18.0 Å². The van der Waals surface area contributed by atoms with Crippen molar-refractivity contribution in [3.63, 3.8) is 0 Å². The molecule has 0 saturated carbocycles. The first-order valence-corrected chi connectivity index (χ1v) is 6.32. The fourth-order valence-corrected chi connectivity index (χ4v) is 1.86. The molecule has 0 radical (unpaired) electrons. The summed E-state index contributed by atoms with van der Waals surface area (Å²) in [6, 6.07) is 3.50. The third-order valence-electron chi connectivity index (χ3n) is 1.95. The van der Waals surface area contributed by atoms with E-state index in [0.717, 1.165) is 11.3 Å². The Balaban J connectivity index is 2.49. The first-order valence-electron chi connectivity index (χ1n) is 5.33. The summed E-state index contributed by atoms with van der Waals surface area (Å²) in [5, 5.41) is 10.1. The molecule has 1 rings (SSSR count). The van der Waals surface area contributed by atoms with Crippen LogP contribution in [0.2, 0.25) is 0 Å². The number of nitrogen functional groups attached to an aromatic ring is 1. The van der Waals surface area contributed by atoms with Crippen molar-refractivity contribution in [2.24, 2.45) is 5.73 Å². The molecule has 0 aliphatic rings. The minimum atomic E-state index is -0.0668. The van der Waals surface area contributed by atoms with E-state index in [2.05, 4.69) is 10.3 Å². The molecule has 0 fully saturated rings. The number of nitrogens with zero attached hydrogens (tertiary/aromatic N) is 1. The fourth-order valence-electron chi connectivity index (χ4n) is 1.11. The van der Waals surface area contributed by atoms with Gasteiger partial charge in [0.2, 0.25) is 5.91 Å². The summed E-state index contributed by atoms with van der Waals surface area (Å²) < 4.78 is 0. The van der Waals surface area contributed by atoms with Crippen LogP contribution in [0.15, 0.2) is 23.2 Å². The highest BCUT2D eigenvalue weighted by Crippen LogP contribution is 2.17. The zero-order valence-corrected chi connectivity index (χ0v) is 10.5. The molecule has 4 N–H and O–H groups in total. The Kier molecular flexibility index (Phi) is 5.48. The lowest BCUT2D eigenvalue weighted by Gasteiger charge is -2.04. The first kappa shape index (κ1) is 13.5. The number of carbonyl (C=O) groups is 1. The third-order valence-corrected chi connectivity index (χ3v) is 2.94. The van der Waals surface area contributed by atoms with Crippen LogP contribution in [-0.2, 0) is 4.79 Å². The second-order valence-electron chi connectivity index (χ2n) is 3.43. The average molecular weight is 252 g/mol. The van der Waals surface area contributed by atoms with Crippen LogP contribution in [0.3, 0.4) is 0 Å². The van der Waals surface area contributed by atoms with Crippen LogP contribution in [-0.4, -0.2) is 29.0 Å². The second-order valence-corrected chi connectivity index (χ2v) is 4.48. The summed E-state index contributed by atoms with van der Waals surface area (Å²) in [6.45, 7) is 2.71. The molecule has 1 aromatic rings. The van der Waals surface area contributed by atoms with Crippen molar-refractivity contribution in [1.29, 1.82) is 5.41 Å².